The second-order valence-electron chi connectivity index (χ2n) is 2.50. The summed E-state index contributed by atoms with van der Waals surface area (Å²) >= 11 is 0. The predicted octanol–water partition coefficient (Wildman–Crippen LogP) is 2.52. The van der Waals surface area contributed by atoms with Gasteiger partial charge in [-0.2, -0.15) is 0 Å². The minimum atomic E-state index is 0.405. The second-order valence-corrected chi connectivity index (χ2v) is 2.50. The molecule has 1 rings (SSSR count). The first kappa shape index (κ1) is 9.51. The maximum Gasteiger partial charge on any atom is 0.131 e. The van der Waals surface area contributed by atoms with Crippen molar-refractivity contribution in [3.8, 4) is 5.75 Å². The summed E-state index contributed by atoms with van der Waals surface area (Å²) in [5, 5.41) is 5.92. The van der Waals surface area contributed by atoms with Crippen LogP contribution in [0.4, 0.5) is 11.4 Å². The molecule has 0 unspecified atom stereocenters. The van der Waals surface area contributed by atoms with E-state index in [1.54, 1.807) is 25.3 Å². The average molecular weight is 180 g/mol. The second kappa shape index (κ2) is 4.45. The number of nitrogens with zero attached hydrogens (tertiary/aromatic N) is 1. The fourth-order valence-electron chi connectivity index (χ4n) is 1.05. The molecule has 0 saturated heterocycles. The Hall–Kier alpha value is -1.58. The molecule has 13 heavy (non-hydrogen) atoms. The monoisotopic (exact) mass is 180 g/mol. The van der Waals surface area contributed by atoms with Gasteiger partial charge in [-0.05, 0) is 24.2 Å². The standard InChI is InChI=1S/C9H12N2O2/c1-3-10-9-6-7(13-2)4-5-8(9)11-12/h4-6,10H,3H2,1-2H3. The van der Waals surface area contributed by atoms with Gasteiger partial charge in [0.05, 0.1) is 12.8 Å². The summed E-state index contributed by atoms with van der Waals surface area (Å²) in [5.41, 5.74) is 1.11. The smallest absolute Gasteiger partial charge is 0.131 e. The lowest BCUT2D eigenvalue weighted by molar-refractivity contribution is 0.415. The fraction of sp³-hybridized carbons (Fsp3) is 0.333. The summed E-state index contributed by atoms with van der Waals surface area (Å²) in [6, 6.07) is 5.08. The van der Waals surface area contributed by atoms with E-state index in [1.807, 2.05) is 6.92 Å². The van der Waals surface area contributed by atoms with Gasteiger partial charge in [0, 0.05) is 12.6 Å². The Morgan fingerprint density at radius 3 is 2.85 bits per heavy atom. The summed E-state index contributed by atoms with van der Waals surface area (Å²) in [4.78, 5) is 10.4. The molecule has 0 aliphatic rings. The van der Waals surface area contributed by atoms with Crippen molar-refractivity contribution < 1.29 is 4.74 Å². The summed E-state index contributed by atoms with van der Waals surface area (Å²) < 4.78 is 5.02. The van der Waals surface area contributed by atoms with Crippen LogP contribution in [0.3, 0.4) is 0 Å². The minimum absolute atomic E-state index is 0.405. The van der Waals surface area contributed by atoms with Crippen LogP contribution in [-0.4, -0.2) is 13.7 Å². The molecule has 4 heteroatoms. The van der Waals surface area contributed by atoms with Crippen LogP contribution in [0.1, 0.15) is 6.92 Å². The number of hydrogen-bond acceptors (Lipinski definition) is 4. The van der Waals surface area contributed by atoms with E-state index in [-0.39, 0.29) is 0 Å². The van der Waals surface area contributed by atoms with Crippen LogP contribution in [0.25, 0.3) is 0 Å². The van der Waals surface area contributed by atoms with Gasteiger partial charge in [0.25, 0.3) is 0 Å². The van der Waals surface area contributed by atoms with Crippen molar-refractivity contribution in [1.29, 1.82) is 0 Å². The van der Waals surface area contributed by atoms with Crippen LogP contribution in [0, 0.1) is 4.91 Å². The quantitative estimate of drug-likeness (QED) is 0.724. The summed E-state index contributed by atoms with van der Waals surface area (Å²) in [6.07, 6.45) is 0. The van der Waals surface area contributed by atoms with Gasteiger partial charge in [0.2, 0.25) is 0 Å². The largest absolute Gasteiger partial charge is 0.497 e. The molecule has 0 amide bonds. The Labute approximate surface area is 76.9 Å². The van der Waals surface area contributed by atoms with Crippen molar-refractivity contribution in [2.24, 2.45) is 5.18 Å². The normalized spacial score (nSPS) is 9.38. The first-order valence-electron chi connectivity index (χ1n) is 4.07. The summed E-state index contributed by atoms with van der Waals surface area (Å²) in [5.74, 6) is 0.711. The van der Waals surface area contributed by atoms with Crippen molar-refractivity contribution in [1.82, 2.24) is 0 Å². The molecule has 70 valence electrons. The Kier molecular flexibility index (Phi) is 3.25. The highest BCUT2D eigenvalue weighted by Crippen LogP contribution is 2.28. The SMILES string of the molecule is CCNc1cc(OC)ccc1N=O. The zero-order chi connectivity index (χ0) is 9.68. The maximum atomic E-state index is 10.4. The van der Waals surface area contributed by atoms with Crippen molar-refractivity contribution in [3.63, 3.8) is 0 Å². The maximum absolute atomic E-state index is 10.4. The van der Waals surface area contributed by atoms with E-state index in [2.05, 4.69) is 10.5 Å². The minimum Gasteiger partial charge on any atom is -0.497 e. The molecule has 0 saturated carbocycles. The van der Waals surface area contributed by atoms with Gasteiger partial charge in [0.15, 0.2) is 0 Å². The van der Waals surface area contributed by atoms with Crippen LogP contribution in [-0.2, 0) is 0 Å². The van der Waals surface area contributed by atoms with Crippen molar-refractivity contribution >= 4 is 11.4 Å². The topological polar surface area (TPSA) is 50.7 Å². The fourth-order valence-corrected chi connectivity index (χ4v) is 1.05. The Morgan fingerprint density at radius 1 is 1.54 bits per heavy atom. The van der Waals surface area contributed by atoms with Crippen molar-refractivity contribution in [2.45, 2.75) is 6.92 Å². The molecular weight excluding hydrogens is 168 g/mol. The Morgan fingerprint density at radius 2 is 2.31 bits per heavy atom. The van der Waals surface area contributed by atoms with Crippen LogP contribution < -0.4 is 10.1 Å². The number of benzene rings is 1. The lowest BCUT2D eigenvalue weighted by Gasteiger charge is -2.06. The molecule has 0 aromatic heterocycles. The highest BCUT2D eigenvalue weighted by Gasteiger charge is 2.02. The Bertz CT molecular complexity index is 300. The number of nitroso groups, excluding NO2 is 1. The highest BCUT2D eigenvalue weighted by atomic mass is 16.5. The summed E-state index contributed by atoms with van der Waals surface area (Å²) in [6.45, 7) is 2.70. The Balaban J connectivity index is 3.02. The van der Waals surface area contributed by atoms with Crippen LogP contribution in [0.15, 0.2) is 23.4 Å². The molecule has 0 fully saturated rings. The number of hydrogen-bond donors (Lipinski definition) is 1. The summed E-state index contributed by atoms with van der Waals surface area (Å²) in [7, 11) is 1.58. The third kappa shape index (κ3) is 2.18. The molecule has 1 N–H and O–H groups in total. The van der Waals surface area contributed by atoms with E-state index < -0.39 is 0 Å². The first-order valence-corrected chi connectivity index (χ1v) is 4.07. The molecule has 0 aliphatic heterocycles. The predicted molar refractivity (Wildman–Crippen MR) is 52.6 cm³/mol. The van der Waals surface area contributed by atoms with E-state index in [9.17, 15) is 4.91 Å². The average Bonchev–Trinajstić information content (AvgIpc) is 2.18. The lowest BCUT2D eigenvalue weighted by Crippen LogP contribution is -1.97. The molecular formula is C9H12N2O2. The van der Waals surface area contributed by atoms with E-state index >= 15 is 0 Å². The van der Waals surface area contributed by atoms with Gasteiger partial charge in [-0.25, -0.2) is 0 Å². The zero-order valence-corrected chi connectivity index (χ0v) is 7.70. The molecule has 0 spiro atoms. The molecule has 0 atom stereocenters. The molecule has 4 nitrogen and oxygen atoms in total. The molecule has 0 aliphatic carbocycles. The van der Waals surface area contributed by atoms with Crippen LogP contribution in [0.2, 0.25) is 0 Å². The number of anilines is 1. The number of methoxy groups -OCH3 is 1. The van der Waals surface area contributed by atoms with E-state index in [0.717, 1.165) is 6.54 Å². The third-order valence-electron chi connectivity index (χ3n) is 1.67. The van der Waals surface area contributed by atoms with Crippen molar-refractivity contribution in [2.75, 3.05) is 19.0 Å². The lowest BCUT2D eigenvalue weighted by atomic mass is 10.2. The van der Waals surface area contributed by atoms with E-state index in [1.165, 1.54) is 0 Å². The van der Waals surface area contributed by atoms with Gasteiger partial charge in [-0.3, -0.25) is 0 Å². The van der Waals surface area contributed by atoms with Gasteiger partial charge in [0.1, 0.15) is 11.4 Å². The first-order chi connectivity index (χ1) is 6.31. The van der Waals surface area contributed by atoms with E-state index in [0.29, 0.717) is 17.1 Å². The number of nitrogens with one attached hydrogen (secondary N) is 1. The van der Waals surface area contributed by atoms with Gasteiger partial charge >= 0.3 is 0 Å². The molecule has 1 aromatic carbocycles. The highest BCUT2D eigenvalue weighted by molar-refractivity contribution is 5.67. The number of ether oxygens (including phenoxy) is 1. The van der Waals surface area contributed by atoms with Crippen LogP contribution >= 0.6 is 0 Å². The molecule has 0 radical (unpaired) electrons. The number of rotatable bonds is 4. The van der Waals surface area contributed by atoms with Crippen molar-refractivity contribution in [3.05, 3.63) is 23.1 Å². The molecule has 0 bridgehead atoms. The zero-order valence-electron chi connectivity index (χ0n) is 7.70. The molecule has 1 aromatic rings. The van der Waals surface area contributed by atoms with Gasteiger partial charge in [-0.1, -0.05) is 0 Å². The van der Waals surface area contributed by atoms with Gasteiger partial charge < -0.3 is 10.1 Å². The van der Waals surface area contributed by atoms with Gasteiger partial charge in [-0.15, -0.1) is 4.91 Å². The van der Waals surface area contributed by atoms with E-state index in [4.69, 9.17) is 4.74 Å². The third-order valence-corrected chi connectivity index (χ3v) is 1.67. The van der Waals surface area contributed by atoms with Crippen LogP contribution in [0.5, 0.6) is 5.75 Å². The molecule has 0 heterocycles.